The largest absolute Gasteiger partial charge is 0.417 e. The van der Waals surface area contributed by atoms with Gasteiger partial charge in [0, 0.05) is 23.8 Å². The molecular formula is C16H20F3NO. The first-order chi connectivity index (χ1) is 9.74. The minimum Gasteiger partial charge on any atom is -0.368 e. The number of aldehydes is 1. The zero-order valence-corrected chi connectivity index (χ0v) is 12.4. The molecule has 0 N–H and O–H groups in total. The van der Waals surface area contributed by atoms with Crippen LogP contribution in [0.4, 0.5) is 18.9 Å². The number of anilines is 1. The minimum atomic E-state index is -4.51. The molecule has 1 aromatic carbocycles. The van der Waals surface area contributed by atoms with Crippen LogP contribution in [-0.4, -0.2) is 18.9 Å². The normalized spacial score (nSPS) is 26.8. The van der Waals surface area contributed by atoms with Crippen LogP contribution in [0.15, 0.2) is 18.2 Å². The van der Waals surface area contributed by atoms with Crippen LogP contribution in [0.2, 0.25) is 0 Å². The van der Waals surface area contributed by atoms with Gasteiger partial charge in [-0.1, -0.05) is 13.8 Å². The van der Waals surface area contributed by atoms with Crippen LogP contribution in [0.5, 0.6) is 0 Å². The summed E-state index contributed by atoms with van der Waals surface area (Å²) in [5.41, 5.74) is -0.621. The van der Waals surface area contributed by atoms with E-state index in [9.17, 15) is 18.0 Å². The van der Waals surface area contributed by atoms with E-state index in [1.807, 2.05) is 11.8 Å². The highest BCUT2D eigenvalue weighted by molar-refractivity contribution is 5.79. The zero-order valence-electron chi connectivity index (χ0n) is 12.4. The van der Waals surface area contributed by atoms with Gasteiger partial charge in [-0.3, -0.25) is 4.79 Å². The number of carbonyl (C=O) groups is 1. The number of hydrogen-bond acceptors (Lipinski definition) is 2. The van der Waals surface area contributed by atoms with Gasteiger partial charge in [0.2, 0.25) is 0 Å². The molecule has 0 saturated carbocycles. The van der Waals surface area contributed by atoms with Gasteiger partial charge < -0.3 is 4.90 Å². The summed E-state index contributed by atoms with van der Waals surface area (Å²) >= 11 is 0. The van der Waals surface area contributed by atoms with Crippen LogP contribution >= 0.6 is 0 Å². The van der Waals surface area contributed by atoms with Gasteiger partial charge >= 0.3 is 6.18 Å². The SMILES string of the molecule is CC1CC(C)C(C)N(c2ccc(C=O)c(C(F)(F)F)c2)C1. The summed E-state index contributed by atoms with van der Waals surface area (Å²) in [5, 5.41) is 0. The number of nitrogens with zero attached hydrogens (tertiary/aromatic N) is 1. The molecule has 1 fully saturated rings. The lowest BCUT2D eigenvalue weighted by atomic mass is 9.85. The van der Waals surface area contributed by atoms with Crippen LogP contribution in [-0.2, 0) is 6.18 Å². The number of carbonyl (C=O) groups excluding carboxylic acids is 1. The molecule has 1 aromatic rings. The second-order valence-corrected chi connectivity index (χ2v) is 6.10. The third kappa shape index (κ3) is 3.22. The van der Waals surface area contributed by atoms with E-state index in [1.54, 1.807) is 6.07 Å². The first kappa shape index (κ1) is 15.9. The highest BCUT2D eigenvalue weighted by atomic mass is 19.4. The van der Waals surface area contributed by atoms with Crippen LogP contribution < -0.4 is 4.90 Å². The van der Waals surface area contributed by atoms with Crippen molar-refractivity contribution in [1.29, 1.82) is 0 Å². The molecule has 1 aliphatic heterocycles. The summed E-state index contributed by atoms with van der Waals surface area (Å²) < 4.78 is 39.2. The number of halogens is 3. The maximum Gasteiger partial charge on any atom is 0.417 e. The molecule has 3 unspecified atom stereocenters. The highest BCUT2D eigenvalue weighted by Gasteiger charge is 2.35. The Kier molecular flexibility index (Phi) is 4.30. The second kappa shape index (κ2) is 5.70. The number of piperidine rings is 1. The van der Waals surface area contributed by atoms with Crippen molar-refractivity contribution in [3.8, 4) is 0 Å². The molecule has 0 aliphatic carbocycles. The molecule has 1 heterocycles. The van der Waals surface area contributed by atoms with Crippen LogP contribution in [0.3, 0.4) is 0 Å². The molecule has 2 rings (SSSR count). The van der Waals surface area contributed by atoms with Gasteiger partial charge in [0.15, 0.2) is 6.29 Å². The van der Waals surface area contributed by atoms with Crippen molar-refractivity contribution in [3.63, 3.8) is 0 Å². The molecule has 116 valence electrons. The Morgan fingerprint density at radius 2 is 1.90 bits per heavy atom. The van der Waals surface area contributed by atoms with Crippen LogP contribution in [0.1, 0.15) is 43.1 Å². The van der Waals surface area contributed by atoms with Gasteiger partial charge in [0.25, 0.3) is 0 Å². The van der Waals surface area contributed by atoms with E-state index in [1.165, 1.54) is 6.07 Å². The molecule has 0 amide bonds. The van der Waals surface area contributed by atoms with Crippen molar-refractivity contribution >= 4 is 12.0 Å². The number of benzene rings is 1. The van der Waals surface area contributed by atoms with Crippen LogP contribution in [0.25, 0.3) is 0 Å². The molecule has 0 aromatic heterocycles. The van der Waals surface area contributed by atoms with Crippen molar-refractivity contribution in [3.05, 3.63) is 29.3 Å². The fourth-order valence-electron chi connectivity index (χ4n) is 3.13. The lowest BCUT2D eigenvalue weighted by Gasteiger charge is -2.43. The van der Waals surface area contributed by atoms with E-state index in [0.29, 0.717) is 17.5 Å². The van der Waals surface area contributed by atoms with Gasteiger partial charge in [-0.05, 0) is 43.4 Å². The minimum absolute atomic E-state index is 0.185. The average molecular weight is 299 g/mol. The van der Waals surface area contributed by atoms with Gasteiger partial charge in [-0.25, -0.2) is 0 Å². The average Bonchev–Trinajstić information content (AvgIpc) is 2.41. The van der Waals surface area contributed by atoms with Crippen molar-refractivity contribution in [1.82, 2.24) is 0 Å². The predicted octanol–water partition coefficient (Wildman–Crippen LogP) is 4.39. The first-order valence-corrected chi connectivity index (χ1v) is 7.17. The summed E-state index contributed by atoms with van der Waals surface area (Å²) in [4.78, 5) is 12.8. The zero-order chi connectivity index (χ0) is 15.8. The Morgan fingerprint density at radius 3 is 2.48 bits per heavy atom. The van der Waals surface area contributed by atoms with Gasteiger partial charge in [-0.2, -0.15) is 13.2 Å². The Balaban J connectivity index is 2.42. The molecule has 21 heavy (non-hydrogen) atoms. The molecule has 1 saturated heterocycles. The van der Waals surface area contributed by atoms with Crippen molar-refractivity contribution in [2.75, 3.05) is 11.4 Å². The summed E-state index contributed by atoms with van der Waals surface area (Å²) in [5.74, 6) is 0.866. The van der Waals surface area contributed by atoms with Gasteiger partial charge in [0.05, 0.1) is 5.56 Å². The number of rotatable bonds is 2. The lowest BCUT2D eigenvalue weighted by Crippen LogP contribution is -2.46. The van der Waals surface area contributed by atoms with Crippen molar-refractivity contribution in [2.24, 2.45) is 11.8 Å². The lowest BCUT2D eigenvalue weighted by molar-refractivity contribution is -0.137. The molecule has 2 nitrogen and oxygen atoms in total. The van der Waals surface area contributed by atoms with Gasteiger partial charge in [-0.15, -0.1) is 0 Å². The Hall–Kier alpha value is -1.52. The van der Waals surface area contributed by atoms with Crippen molar-refractivity contribution < 1.29 is 18.0 Å². The smallest absolute Gasteiger partial charge is 0.368 e. The molecule has 3 atom stereocenters. The standard InChI is InChI=1S/C16H20F3NO/c1-10-6-11(2)12(3)20(8-10)14-5-4-13(9-21)15(7-14)16(17,18)19/h4-5,7,9-12H,6,8H2,1-3H3. The topological polar surface area (TPSA) is 20.3 Å². The fourth-order valence-corrected chi connectivity index (χ4v) is 3.13. The Bertz CT molecular complexity index is 527. The van der Waals surface area contributed by atoms with Crippen LogP contribution in [0, 0.1) is 11.8 Å². The quantitative estimate of drug-likeness (QED) is 0.755. The maximum absolute atomic E-state index is 13.1. The molecule has 0 radical (unpaired) electrons. The second-order valence-electron chi connectivity index (χ2n) is 6.10. The highest BCUT2D eigenvalue weighted by Crippen LogP contribution is 2.37. The monoisotopic (exact) mass is 299 g/mol. The molecular weight excluding hydrogens is 279 g/mol. The summed E-state index contributed by atoms with van der Waals surface area (Å²) in [6.07, 6.45) is -3.17. The summed E-state index contributed by atoms with van der Waals surface area (Å²) in [7, 11) is 0. The van der Waals surface area contributed by atoms with E-state index in [0.717, 1.165) is 19.0 Å². The number of alkyl halides is 3. The predicted molar refractivity (Wildman–Crippen MR) is 76.6 cm³/mol. The molecule has 1 aliphatic rings. The third-order valence-electron chi connectivity index (χ3n) is 4.40. The maximum atomic E-state index is 13.1. The summed E-state index contributed by atoms with van der Waals surface area (Å²) in [6, 6.07) is 4.16. The van der Waals surface area contributed by atoms with E-state index in [-0.39, 0.29) is 17.9 Å². The Morgan fingerprint density at radius 1 is 1.24 bits per heavy atom. The van der Waals surface area contributed by atoms with E-state index in [2.05, 4.69) is 13.8 Å². The van der Waals surface area contributed by atoms with Gasteiger partial charge in [0.1, 0.15) is 0 Å². The summed E-state index contributed by atoms with van der Waals surface area (Å²) in [6.45, 7) is 7.01. The first-order valence-electron chi connectivity index (χ1n) is 7.17. The van der Waals surface area contributed by atoms with E-state index in [4.69, 9.17) is 0 Å². The molecule has 5 heteroatoms. The molecule has 0 spiro atoms. The molecule has 0 bridgehead atoms. The number of hydrogen-bond donors (Lipinski definition) is 0. The van der Waals surface area contributed by atoms with E-state index < -0.39 is 11.7 Å². The third-order valence-corrected chi connectivity index (χ3v) is 4.40. The van der Waals surface area contributed by atoms with Crippen molar-refractivity contribution in [2.45, 2.75) is 39.4 Å². The van der Waals surface area contributed by atoms with E-state index >= 15 is 0 Å². The Labute approximate surface area is 122 Å². The fraction of sp³-hybridized carbons (Fsp3) is 0.562.